The standard InChI is InChI=1S/C17H19N3O4/c1-19-11-18-7-15(19)13-8-20(9-14(13)16(21)22)17(23)24-10-12-5-3-2-4-6-12/h2-7,11,13-14H,8-10H2,1H3,(H,21,22)/t13-,14-/m1/s1. The lowest BCUT2D eigenvalue weighted by atomic mass is 9.93. The number of amides is 1. The third kappa shape index (κ3) is 3.24. The van der Waals surface area contributed by atoms with Gasteiger partial charge >= 0.3 is 12.1 Å². The molecule has 1 N–H and O–H groups in total. The van der Waals surface area contributed by atoms with Crippen LogP contribution in [-0.2, 0) is 23.2 Å². The van der Waals surface area contributed by atoms with Gasteiger partial charge in [-0.25, -0.2) is 9.78 Å². The summed E-state index contributed by atoms with van der Waals surface area (Å²) in [5, 5.41) is 9.47. The molecule has 0 bridgehead atoms. The van der Waals surface area contributed by atoms with Crippen molar-refractivity contribution in [1.82, 2.24) is 14.5 Å². The van der Waals surface area contributed by atoms with Crippen LogP contribution in [0.15, 0.2) is 42.9 Å². The van der Waals surface area contributed by atoms with E-state index in [0.29, 0.717) is 6.54 Å². The number of aryl methyl sites for hydroxylation is 1. The number of imidazole rings is 1. The topological polar surface area (TPSA) is 84.7 Å². The fourth-order valence-electron chi connectivity index (χ4n) is 3.04. The number of carbonyl (C=O) groups is 2. The number of carboxylic acids is 1. The molecule has 0 saturated carbocycles. The molecule has 2 aromatic rings. The van der Waals surface area contributed by atoms with Crippen molar-refractivity contribution >= 4 is 12.1 Å². The number of hydrogen-bond donors (Lipinski definition) is 1. The molecule has 1 aromatic carbocycles. The second kappa shape index (κ2) is 6.74. The molecule has 2 atom stereocenters. The molecular formula is C17H19N3O4. The van der Waals surface area contributed by atoms with Crippen LogP contribution >= 0.6 is 0 Å². The van der Waals surface area contributed by atoms with Crippen molar-refractivity contribution in [3.8, 4) is 0 Å². The molecule has 1 aliphatic rings. The molecule has 0 spiro atoms. The maximum atomic E-state index is 12.3. The van der Waals surface area contributed by atoms with E-state index < -0.39 is 18.0 Å². The minimum atomic E-state index is -0.917. The van der Waals surface area contributed by atoms with Crippen LogP contribution in [0.25, 0.3) is 0 Å². The van der Waals surface area contributed by atoms with Crippen molar-refractivity contribution in [2.24, 2.45) is 13.0 Å². The van der Waals surface area contributed by atoms with Crippen LogP contribution in [0.4, 0.5) is 4.79 Å². The Balaban J connectivity index is 1.67. The average molecular weight is 329 g/mol. The molecule has 0 aliphatic carbocycles. The van der Waals surface area contributed by atoms with Crippen LogP contribution < -0.4 is 0 Å². The molecule has 2 heterocycles. The molecule has 1 saturated heterocycles. The molecule has 3 rings (SSSR count). The molecule has 1 fully saturated rings. The van der Waals surface area contributed by atoms with Crippen LogP contribution in [0.2, 0.25) is 0 Å². The molecule has 7 heteroatoms. The van der Waals surface area contributed by atoms with Gasteiger partial charge in [-0.15, -0.1) is 0 Å². The summed E-state index contributed by atoms with van der Waals surface area (Å²) in [5.41, 5.74) is 1.70. The monoisotopic (exact) mass is 329 g/mol. The van der Waals surface area contributed by atoms with Gasteiger partial charge in [-0.05, 0) is 5.56 Å². The van der Waals surface area contributed by atoms with Crippen molar-refractivity contribution in [2.45, 2.75) is 12.5 Å². The van der Waals surface area contributed by atoms with Crippen LogP contribution in [-0.4, -0.2) is 44.7 Å². The lowest BCUT2D eigenvalue weighted by Gasteiger charge is -2.16. The molecule has 7 nitrogen and oxygen atoms in total. The number of benzene rings is 1. The lowest BCUT2D eigenvalue weighted by Crippen LogP contribution is -2.30. The molecule has 1 aromatic heterocycles. The van der Waals surface area contributed by atoms with Gasteiger partial charge in [-0.1, -0.05) is 30.3 Å². The predicted octanol–water partition coefficient (Wildman–Crippen LogP) is 1.86. The molecule has 126 valence electrons. The Labute approximate surface area is 139 Å². The van der Waals surface area contributed by atoms with Gasteiger partial charge in [0.25, 0.3) is 0 Å². The van der Waals surface area contributed by atoms with Crippen LogP contribution in [0.5, 0.6) is 0 Å². The van der Waals surface area contributed by atoms with E-state index in [4.69, 9.17) is 4.74 Å². The van der Waals surface area contributed by atoms with Crippen molar-refractivity contribution in [3.05, 3.63) is 54.1 Å². The van der Waals surface area contributed by atoms with Gasteiger partial charge in [0, 0.05) is 37.9 Å². The van der Waals surface area contributed by atoms with E-state index in [1.54, 1.807) is 17.1 Å². The van der Waals surface area contributed by atoms with Gasteiger partial charge in [-0.3, -0.25) is 4.79 Å². The maximum Gasteiger partial charge on any atom is 0.410 e. The second-order valence-electron chi connectivity index (χ2n) is 5.93. The number of hydrogen-bond acceptors (Lipinski definition) is 4. The molecule has 1 aliphatic heterocycles. The van der Waals surface area contributed by atoms with Gasteiger partial charge in [0.1, 0.15) is 6.61 Å². The Hall–Kier alpha value is -2.83. The highest BCUT2D eigenvalue weighted by Crippen LogP contribution is 2.33. The van der Waals surface area contributed by atoms with Crippen molar-refractivity contribution in [2.75, 3.05) is 13.1 Å². The highest BCUT2D eigenvalue weighted by molar-refractivity contribution is 5.75. The van der Waals surface area contributed by atoms with Crippen LogP contribution in [0.3, 0.4) is 0 Å². The number of carboxylic acid groups (broad SMARTS) is 1. The summed E-state index contributed by atoms with van der Waals surface area (Å²) < 4.78 is 7.10. The molecule has 0 unspecified atom stereocenters. The number of carbonyl (C=O) groups excluding carboxylic acids is 1. The zero-order chi connectivity index (χ0) is 17.1. The van der Waals surface area contributed by atoms with E-state index in [0.717, 1.165) is 11.3 Å². The Bertz CT molecular complexity index is 728. The minimum absolute atomic E-state index is 0.138. The van der Waals surface area contributed by atoms with E-state index in [1.807, 2.05) is 37.4 Å². The maximum absolute atomic E-state index is 12.3. The summed E-state index contributed by atoms with van der Waals surface area (Å²) in [6, 6.07) is 9.38. The summed E-state index contributed by atoms with van der Waals surface area (Å²) >= 11 is 0. The van der Waals surface area contributed by atoms with E-state index in [9.17, 15) is 14.7 Å². The quantitative estimate of drug-likeness (QED) is 0.925. The SMILES string of the molecule is Cn1cncc1[C@@H]1CN(C(=O)OCc2ccccc2)C[C@H]1C(=O)O. The Morgan fingerprint density at radius 2 is 2.04 bits per heavy atom. The van der Waals surface area contributed by atoms with Crippen molar-refractivity contribution in [1.29, 1.82) is 0 Å². The summed E-state index contributed by atoms with van der Waals surface area (Å²) in [5.74, 6) is -1.87. The summed E-state index contributed by atoms with van der Waals surface area (Å²) in [4.78, 5) is 29.3. The van der Waals surface area contributed by atoms with E-state index in [2.05, 4.69) is 4.98 Å². The first-order valence-corrected chi connectivity index (χ1v) is 7.71. The number of nitrogens with zero attached hydrogens (tertiary/aromatic N) is 3. The van der Waals surface area contributed by atoms with Gasteiger partial charge in [0.05, 0.1) is 12.2 Å². The second-order valence-corrected chi connectivity index (χ2v) is 5.93. The Morgan fingerprint density at radius 1 is 1.29 bits per heavy atom. The largest absolute Gasteiger partial charge is 0.481 e. The first kappa shape index (κ1) is 16.0. The predicted molar refractivity (Wildman–Crippen MR) is 85.3 cm³/mol. The van der Waals surface area contributed by atoms with Crippen LogP contribution in [0, 0.1) is 5.92 Å². The zero-order valence-corrected chi connectivity index (χ0v) is 13.3. The number of ether oxygens (including phenoxy) is 1. The van der Waals surface area contributed by atoms with E-state index >= 15 is 0 Å². The minimum Gasteiger partial charge on any atom is -0.481 e. The fraction of sp³-hybridized carbons (Fsp3) is 0.353. The van der Waals surface area contributed by atoms with Crippen molar-refractivity contribution in [3.63, 3.8) is 0 Å². The highest BCUT2D eigenvalue weighted by Gasteiger charge is 2.42. The van der Waals surface area contributed by atoms with Gasteiger partial charge in [0.15, 0.2) is 0 Å². The summed E-state index contributed by atoms with van der Waals surface area (Å²) in [7, 11) is 1.82. The summed E-state index contributed by atoms with van der Waals surface area (Å²) in [6.07, 6.45) is 2.79. The van der Waals surface area contributed by atoms with E-state index in [-0.39, 0.29) is 19.1 Å². The van der Waals surface area contributed by atoms with Gasteiger partial charge in [0.2, 0.25) is 0 Å². The summed E-state index contributed by atoms with van der Waals surface area (Å²) in [6.45, 7) is 0.618. The zero-order valence-electron chi connectivity index (χ0n) is 13.3. The third-order valence-electron chi connectivity index (χ3n) is 4.33. The van der Waals surface area contributed by atoms with Gasteiger partial charge < -0.3 is 19.3 Å². The Morgan fingerprint density at radius 3 is 2.67 bits per heavy atom. The van der Waals surface area contributed by atoms with Crippen LogP contribution in [0.1, 0.15) is 17.2 Å². The van der Waals surface area contributed by atoms with E-state index in [1.165, 1.54) is 4.90 Å². The number of rotatable bonds is 4. The third-order valence-corrected chi connectivity index (χ3v) is 4.33. The van der Waals surface area contributed by atoms with Gasteiger partial charge in [-0.2, -0.15) is 0 Å². The fourth-order valence-corrected chi connectivity index (χ4v) is 3.04. The molecule has 0 radical (unpaired) electrons. The highest BCUT2D eigenvalue weighted by atomic mass is 16.6. The first-order valence-electron chi connectivity index (χ1n) is 7.71. The smallest absolute Gasteiger partial charge is 0.410 e. The number of aromatic nitrogens is 2. The molecule has 24 heavy (non-hydrogen) atoms. The molecule has 1 amide bonds. The molecular weight excluding hydrogens is 310 g/mol. The average Bonchev–Trinajstić information content (AvgIpc) is 3.19. The van der Waals surface area contributed by atoms with Crippen molar-refractivity contribution < 1.29 is 19.4 Å². The Kier molecular flexibility index (Phi) is 4.50. The number of likely N-dealkylation sites (tertiary alicyclic amines) is 1. The first-order chi connectivity index (χ1) is 11.6. The normalized spacial score (nSPS) is 20.1. The number of aliphatic carboxylic acids is 1. The lowest BCUT2D eigenvalue weighted by molar-refractivity contribution is -0.141.